The Bertz CT molecular complexity index is 1190. The van der Waals surface area contributed by atoms with Crippen LogP contribution >= 0.6 is 0 Å². The lowest BCUT2D eigenvalue weighted by Crippen LogP contribution is -2.37. The summed E-state index contributed by atoms with van der Waals surface area (Å²) in [6, 6.07) is 14.7. The second-order valence-corrected chi connectivity index (χ2v) is 10.7. The third kappa shape index (κ3) is 5.31. The van der Waals surface area contributed by atoms with E-state index in [4.69, 9.17) is 0 Å². The van der Waals surface area contributed by atoms with E-state index in [1.54, 1.807) is 28.6 Å². The number of rotatable bonds is 7. The van der Waals surface area contributed by atoms with Gasteiger partial charge in [0, 0.05) is 23.9 Å². The highest BCUT2D eigenvalue weighted by molar-refractivity contribution is 7.89. The van der Waals surface area contributed by atoms with Crippen LogP contribution in [0.1, 0.15) is 60.1 Å². The maximum absolute atomic E-state index is 13.8. The fourth-order valence-corrected chi connectivity index (χ4v) is 6.62. The number of sulfonamides is 1. The molecule has 1 aliphatic rings. The van der Waals surface area contributed by atoms with Gasteiger partial charge in [-0.15, -0.1) is 0 Å². The van der Waals surface area contributed by atoms with Gasteiger partial charge in [-0.25, -0.2) is 22.8 Å². The van der Waals surface area contributed by atoms with Crippen LogP contribution in [0, 0.1) is 26.6 Å². The Morgan fingerprint density at radius 1 is 0.939 bits per heavy atom. The van der Waals surface area contributed by atoms with Crippen LogP contribution in [0.5, 0.6) is 0 Å². The number of nitrogens with zero attached hydrogens (tertiary/aromatic N) is 3. The van der Waals surface area contributed by atoms with E-state index in [2.05, 4.69) is 9.97 Å². The van der Waals surface area contributed by atoms with Crippen molar-refractivity contribution in [3.63, 3.8) is 0 Å². The normalized spacial score (nSPS) is 19.2. The highest BCUT2D eigenvalue weighted by Gasteiger charge is 2.42. The molecule has 0 bridgehead atoms. The van der Waals surface area contributed by atoms with Gasteiger partial charge in [0.25, 0.3) is 0 Å². The van der Waals surface area contributed by atoms with Crippen molar-refractivity contribution in [2.24, 2.45) is 0 Å². The Morgan fingerprint density at radius 3 is 2.21 bits per heavy atom. The molecule has 2 heterocycles. The molecule has 0 saturated carbocycles. The van der Waals surface area contributed by atoms with Crippen LogP contribution in [0.25, 0.3) is 0 Å². The van der Waals surface area contributed by atoms with E-state index in [1.807, 2.05) is 39.0 Å². The van der Waals surface area contributed by atoms with E-state index in [9.17, 15) is 12.8 Å². The topological polar surface area (TPSA) is 63.2 Å². The molecule has 1 fully saturated rings. The van der Waals surface area contributed by atoms with Crippen molar-refractivity contribution in [2.75, 3.05) is 0 Å². The van der Waals surface area contributed by atoms with E-state index in [1.165, 1.54) is 12.1 Å². The van der Waals surface area contributed by atoms with Crippen molar-refractivity contribution in [3.8, 4) is 0 Å². The summed E-state index contributed by atoms with van der Waals surface area (Å²) in [5.74, 6) is 0.475. The molecular weight excluding hydrogens is 437 g/mol. The van der Waals surface area contributed by atoms with Crippen LogP contribution in [0.3, 0.4) is 0 Å². The number of benzene rings is 2. The molecule has 2 aromatic carbocycles. The predicted molar refractivity (Wildman–Crippen MR) is 127 cm³/mol. The maximum atomic E-state index is 13.8. The number of halogens is 1. The van der Waals surface area contributed by atoms with Gasteiger partial charge >= 0.3 is 0 Å². The molecule has 33 heavy (non-hydrogen) atoms. The summed E-state index contributed by atoms with van der Waals surface area (Å²) in [5.41, 5.74) is 3.72. The lowest BCUT2D eigenvalue weighted by Gasteiger charge is -2.30. The van der Waals surface area contributed by atoms with Gasteiger partial charge in [0.2, 0.25) is 10.0 Å². The van der Waals surface area contributed by atoms with Crippen molar-refractivity contribution in [3.05, 3.63) is 88.8 Å². The summed E-state index contributed by atoms with van der Waals surface area (Å²) in [4.78, 5) is 9.32. The Kier molecular flexibility index (Phi) is 6.91. The molecule has 2 atom stereocenters. The van der Waals surface area contributed by atoms with E-state index in [-0.39, 0.29) is 17.9 Å². The van der Waals surface area contributed by atoms with Crippen LogP contribution in [-0.4, -0.2) is 28.7 Å². The first kappa shape index (κ1) is 23.5. The number of aryl methyl sites for hydroxylation is 4. The molecule has 7 heteroatoms. The Labute approximate surface area is 195 Å². The summed E-state index contributed by atoms with van der Waals surface area (Å²) in [6.45, 7) is 5.85. The predicted octanol–water partition coefficient (Wildman–Crippen LogP) is 5.46. The van der Waals surface area contributed by atoms with Gasteiger partial charge < -0.3 is 0 Å². The molecule has 5 nitrogen and oxygen atoms in total. The van der Waals surface area contributed by atoms with Crippen molar-refractivity contribution < 1.29 is 12.8 Å². The molecule has 0 N–H and O–H groups in total. The van der Waals surface area contributed by atoms with Crippen molar-refractivity contribution >= 4 is 10.0 Å². The van der Waals surface area contributed by atoms with Gasteiger partial charge in [0.05, 0.1) is 10.9 Å². The van der Waals surface area contributed by atoms with E-state index < -0.39 is 10.0 Å². The fourth-order valence-electron chi connectivity index (χ4n) is 4.73. The second-order valence-electron chi connectivity index (χ2n) is 8.91. The minimum Gasteiger partial charge on any atom is -0.238 e. The third-order valence-electron chi connectivity index (χ3n) is 6.26. The lowest BCUT2D eigenvalue weighted by atomic mass is 10.0. The SMILES string of the molecule is Cc1ccc(S(=O)(=O)N2C(CCCc3nc(C)cc(C)n3)CCC2c2ccc(F)cc2)cc1. The molecule has 2 unspecified atom stereocenters. The van der Waals surface area contributed by atoms with Crippen LogP contribution in [0.15, 0.2) is 59.5 Å². The largest absolute Gasteiger partial charge is 0.243 e. The highest BCUT2D eigenvalue weighted by atomic mass is 32.2. The number of hydrogen-bond donors (Lipinski definition) is 0. The smallest absolute Gasteiger partial charge is 0.238 e. The summed E-state index contributed by atoms with van der Waals surface area (Å²) in [5, 5.41) is 0. The fraction of sp³-hybridized carbons (Fsp3) is 0.385. The molecule has 0 spiro atoms. The quantitative estimate of drug-likeness (QED) is 0.463. The Morgan fingerprint density at radius 2 is 1.58 bits per heavy atom. The van der Waals surface area contributed by atoms with Gasteiger partial charge in [0.1, 0.15) is 11.6 Å². The summed E-state index contributed by atoms with van der Waals surface area (Å²) in [7, 11) is -3.71. The highest BCUT2D eigenvalue weighted by Crippen LogP contribution is 2.42. The number of hydrogen-bond acceptors (Lipinski definition) is 4. The standard InChI is InChI=1S/C26H30FN3O2S/c1-18-7-14-24(15-8-18)33(31,32)30-23(5-4-6-26-28-19(2)17-20(3)29-26)13-16-25(30)21-9-11-22(27)12-10-21/h7-12,14-15,17,23,25H,4-6,13,16H2,1-3H3. The van der Waals surface area contributed by atoms with Crippen LogP contribution in [0.2, 0.25) is 0 Å². The molecule has 0 amide bonds. The van der Waals surface area contributed by atoms with Crippen LogP contribution in [0.4, 0.5) is 4.39 Å². The molecule has 174 valence electrons. The van der Waals surface area contributed by atoms with E-state index >= 15 is 0 Å². The van der Waals surface area contributed by atoms with Gasteiger partial charge in [-0.05, 0) is 82.3 Å². The average molecular weight is 468 g/mol. The first-order chi connectivity index (χ1) is 15.7. The first-order valence-electron chi connectivity index (χ1n) is 11.4. The van der Waals surface area contributed by atoms with Crippen molar-refractivity contribution in [1.29, 1.82) is 0 Å². The van der Waals surface area contributed by atoms with Gasteiger partial charge in [0.15, 0.2) is 0 Å². The molecule has 1 saturated heterocycles. The maximum Gasteiger partial charge on any atom is 0.243 e. The minimum atomic E-state index is -3.71. The zero-order valence-electron chi connectivity index (χ0n) is 19.3. The van der Waals surface area contributed by atoms with Crippen molar-refractivity contribution in [2.45, 2.75) is 69.9 Å². The van der Waals surface area contributed by atoms with Gasteiger partial charge in [-0.2, -0.15) is 4.31 Å². The van der Waals surface area contributed by atoms with Crippen molar-refractivity contribution in [1.82, 2.24) is 14.3 Å². The van der Waals surface area contributed by atoms with Crippen LogP contribution < -0.4 is 0 Å². The van der Waals surface area contributed by atoms with Gasteiger partial charge in [-0.3, -0.25) is 0 Å². The molecule has 4 rings (SSSR count). The molecule has 0 radical (unpaired) electrons. The van der Waals surface area contributed by atoms with E-state index in [0.717, 1.165) is 47.6 Å². The Hall–Kier alpha value is -2.64. The second kappa shape index (κ2) is 9.69. The number of aromatic nitrogens is 2. The first-order valence-corrected chi connectivity index (χ1v) is 12.8. The molecule has 1 aromatic heterocycles. The zero-order chi connectivity index (χ0) is 23.6. The molecule has 0 aliphatic carbocycles. The molecule has 1 aliphatic heterocycles. The summed E-state index contributed by atoms with van der Waals surface area (Å²) < 4.78 is 42.7. The minimum absolute atomic E-state index is 0.128. The third-order valence-corrected chi connectivity index (χ3v) is 8.23. The summed E-state index contributed by atoms with van der Waals surface area (Å²) >= 11 is 0. The molecule has 3 aromatic rings. The Balaban J connectivity index is 1.59. The van der Waals surface area contributed by atoms with E-state index in [0.29, 0.717) is 17.7 Å². The zero-order valence-corrected chi connectivity index (χ0v) is 20.1. The monoisotopic (exact) mass is 467 g/mol. The van der Waals surface area contributed by atoms with Gasteiger partial charge in [-0.1, -0.05) is 29.8 Å². The lowest BCUT2D eigenvalue weighted by molar-refractivity contribution is 0.309. The molecular formula is C26H30FN3O2S. The average Bonchev–Trinajstić information content (AvgIpc) is 3.19. The summed E-state index contributed by atoms with van der Waals surface area (Å²) in [6.07, 6.45) is 3.70. The van der Waals surface area contributed by atoms with Crippen LogP contribution in [-0.2, 0) is 16.4 Å².